The molecule has 2 atom stereocenters. The highest BCUT2D eigenvalue weighted by atomic mass is 32.2. The molecule has 0 amide bonds. The molecule has 1 aliphatic heterocycles. The molecular weight excluding hydrogens is 254 g/mol. The number of nitrogens with zero attached hydrogens (tertiary/aromatic N) is 1. The zero-order chi connectivity index (χ0) is 13.3. The molecule has 1 saturated heterocycles. The van der Waals surface area contributed by atoms with Crippen LogP contribution in [0.2, 0.25) is 0 Å². The Balaban J connectivity index is 2.34. The molecule has 1 aliphatic rings. The molecule has 0 aromatic heterocycles. The lowest BCUT2D eigenvalue weighted by Crippen LogP contribution is -2.48. The smallest absolute Gasteiger partial charge is 0.246 e. The first-order valence-electron chi connectivity index (χ1n) is 5.85. The van der Waals surface area contributed by atoms with Crippen molar-refractivity contribution in [3.05, 3.63) is 24.3 Å². The number of phenolic OH excluding ortho intramolecular Hbond substituents is 1. The Hall–Kier alpha value is -1.11. The number of phenols is 1. The van der Waals surface area contributed by atoms with E-state index in [4.69, 9.17) is 4.74 Å². The fourth-order valence-corrected chi connectivity index (χ4v) is 3.81. The van der Waals surface area contributed by atoms with Gasteiger partial charge in [-0.1, -0.05) is 12.1 Å². The number of aromatic hydroxyl groups is 1. The molecule has 1 heterocycles. The zero-order valence-corrected chi connectivity index (χ0v) is 11.2. The lowest BCUT2D eigenvalue weighted by molar-refractivity contribution is -0.0441. The molecule has 0 bridgehead atoms. The number of ether oxygens (including phenoxy) is 1. The van der Waals surface area contributed by atoms with E-state index in [-0.39, 0.29) is 22.9 Å². The molecule has 0 radical (unpaired) electrons. The summed E-state index contributed by atoms with van der Waals surface area (Å²) in [5.74, 6) is -0.218. The third-order valence-corrected chi connectivity index (χ3v) is 4.75. The first-order chi connectivity index (χ1) is 8.41. The summed E-state index contributed by atoms with van der Waals surface area (Å²) in [5.41, 5.74) is 0. The molecule has 18 heavy (non-hydrogen) atoms. The van der Waals surface area contributed by atoms with Gasteiger partial charge >= 0.3 is 0 Å². The van der Waals surface area contributed by atoms with Gasteiger partial charge in [-0.3, -0.25) is 0 Å². The molecule has 6 heteroatoms. The summed E-state index contributed by atoms with van der Waals surface area (Å²) in [6, 6.07) is 5.98. The molecule has 100 valence electrons. The van der Waals surface area contributed by atoms with Crippen LogP contribution in [0.5, 0.6) is 5.75 Å². The third-order valence-electron chi connectivity index (χ3n) is 2.87. The molecule has 1 aromatic carbocycles. The van der Waals surface area contributed by atoms with Gasteiger partial charge in [0.05, 0.1) is 12.2 Å². The molecule has 5 nitrogen and oxygen atoms in total. The molecular formula is C12H17NO4S. The van der Waals surface area contributed by atoms with Crippen molar-refractivity contribution in [1.82, 2.24) is 4.31 Å². The van der Waals surface area contributed by atoms with E-state index in [0.29, 0.717) is 13.1 Å². The fourth-order valence-electron chi connectivity index (χ4n) is 2.14. The number of hydrogen-bond donors (Lipinski definition) is 1. The minimum atomic E-state index is -3.66. The van der Waals surface area contributed by atoms with Crippen LogP contribution < -0.4 is 0 Å². The minimum Gasteiger partial charge on any atom is -0.507 e. The predicted octanol–water partition coefficient (Wildman–Crippen LogP) is 1.19. The predicted molar refractivity (Wildman–Crippen MR) is 66.9 cm³/mol. The van der Waals surface area contributed by atoms with E-state index in [0.717, 1.165) is 0 Å². The van der Waals surface area contributed by atoms with Gasteiger partial charge in [0.1, 0.15) is 10.6 Å². The van der Waals surface area contributed by atoms with Crippen molar-refractivity contribution >= 4 is 10.0 Å². The molecule has 0 saturated carbocycles. The lowest BCUT2D eigenvalue weighted by Gasteiger charge is -2.34. The van der Waals surface area contributed by atoms with Crippen LogP contribution in [0, 0.1) is 0 Å². The van der Waals surface area contributed by atoms with Gasteiger partial charge in [0.25, 0.3) is 0 Å². The van der Waals surface area contributed by atoms with Crippen molar-refractivity contribution in [3.8, 4) is 5.75 Å². The highest BCUT2D eigenvalue weighted by molar-refractivity contribution is 7.89. The Morgan fingerprint density at radius 3 is 2.33 bits per heavy atom. The van der Waals surface area contributed by atoms with Gasteiger partial charge in [-0.2, -0.15) is 4.31 Å². The Labute approximate surface area is 107 Å². The van der Waals surface area contributed by atoms with E-state index in [1.165, 1.54) is 16.4 Å². The maximum Gasteiger partial charge on any atom is 0.246 e. The van der Waals surface area contributed by atoms with E-state index in [2.05, 4.69) is 0 Å². The topological polar surface area (TPSA) is 66.8 Å². The van der Waals surface area contributed by atoms with Gasteiger partial charge in [-0.25, -0.2) is 8.42 Å². The van der Waals surface area contributed by atoms with E-state index < -0.39 is 10.0 Å². The highest BCUT2D eigenvalue weighted by Crippen LogP contribution is 2.27. The second-order valence-corrected chi connectivity index (χ2v) is 6.45. The van der Waals surface area contributed by atoms with E-state index in [9.17, 15) is 13.5 Å². The van der Waals surface area contributed by atoms with Crippen LogP contribution in [0.25, 0.3) is 0 Å². The first kappa shape index (κ1) is 13.3. The molecule has 0 aliphatic carbocycles. The average molecular weight is 271 g/mol. The molecule has 1 aromatic rings. The van der Waals surface area contributed by atoms with E-state index in [1.54, 1.807) is 12.1 Å². The van der Waals surface area contributed by atoms with Crippen LogP contribution in [0.15, 0.2) is 29.2 Å². The minimum absolute atomic E-state index is 0.0497. The lowest BCUT2D eigenvalue weighted by atomic mass is 10.3. The zero-order valence-electron chi connectivity index (χ0n) is 10.4. The van der Waals surface area contributed by atoms with Crippen molar-refractivity contribution in [1.29, 1.82) is 0 Å². The number of benzene rings is 1. The molecule has 1 N–H and O–H groups in total. The van der Waals surface area contributed by atoms with Crippen molar-refractivity contribution in [2.24, 2.45) is 0 Å². The Kier molecular flexibility index (Phi) is 3.61. The SMILES string of the molecule is CC1CN(S(=O)(=O)c2ccccc2O)CC(C)O1. The van der Waals surface area contributed by atoms with Crippen LogP contribution in [0.4, 0.5) is 0 Å². The van der Waals surface area contributed by atoms with Gasteiger partial charge < -0.3 is 9.84 Å². The van der Waals surface area contributed by atoms with Gasteiger partial charge in [0.15, 0.2) is 0 Å². The summed E-state index contributed by atoms with van der Waals surface area (Å²) in [7, 11) is -3.66. The van der Waals surface area contributed by atoms with Crippen molar-refractivity contribution < 1.29 is 18.3 Å². The highest BCUT2D eigenvalue weighted by Gasteiger charge is 2.33. The van der Waals surface area contributed by atoms with Gasteiger partial charge in [-0.05, 0) is 26.0 Å². The summed E-state index contributed by atoms with van der Waals surface area (Å²) in [5, 5.41) is 9.67. The Morgan fingerprint density at radius 1 is 1.22 bits per heavy atom. The average Bonchev–Trinajstić information content (AvgIpc) is 2.28. The maximum atomic E-state index is 12.4. The van der Waals surface area contributed by atoms with Crippen molar-refractivity contribution in [2.45, 2.75) is 31.0 Å². The van der Waals surface area contributed by atoms with Crippen LogP contribution >= 0.6 is 0 Å². The molecule has 1 fully saturated rings. The van der Waals surface area contributed by atoms with Crippen molar-refractivity contribution in [2.75, 3.05) is 13.1 Å². The normalized spacial score (nSPS) is 26.1. The second kappa shape index (κ2) is 4.87. The monoisotopic (exact) mass is 271 g/mol. The van der Waals surface area contributed by atoms with Gasteiger partial charge in [0.2, 0.25) is 10.0 Å². The number of para-hydroxylation sites is 1. The second-order valence-electron chi connectivity index (χ2n) is 4.55. The van der Waals surface area contributed by atoms with Crippen LogP contribution in [-0.2, 0) is 14.8 Å². The standard InChI is InChI=1S/C12H17NO4S/c1-9-7-13(8-10(2)17-9)18(15,16)12-6-4-3-5-11(12)14/h3-6,9-10,14H,7-8H2,1-2H3. The van der Waals surface area contributed by atoms with Crippen LogP contribution in [-0.4, -0.2) is 43.1 Å². The van der Waals surface area contributed by atoms with Crippen LogP contribution in [0.1, 0.15) is 13.8 Å². The fraction of sp³-hybridized carbons (Fsp3) is 0.500. The molecule has 0 spiro atoms. The molecule has 2 rings (SSSR count). The third kappa shape index (κ3) is 2.50. The van der Waals surface area contributed by atoms with E-state index in [1.807, 2.05) is 13.8 Å². The summed E-state index contributed by atoms with van der Waals surface area (Å²) in [6.07, 6.45) is -0.288. The summed E-state index contributed by atoms with van der Waals surface area (Å²) in [4.78, 5) is -0.0497. The van der Waals surface area contributed by atoms with Gasteiger partial charge in [0, 0.05) is 13.1 Å². The van der Waals surface area contributed by atoms with E-state index >= 15 is 0 Å². The summed E-state index contributed by atoms with van der Waals surface area (Å²) >= 11 is 0. The number of sulfonamides is 1. The number of morpholine rings is 1. The maximum absolute atomic E-state index is 12.4. The summed E-state index contributed by atoms with van der Waals surface area (Å²) < 4.78 is 31.7. The Bertz CT molecular complexity index is 519. The quantitative estimate of drug-likeness (QED) is 0.877. The largest absolute Gasteiger partial charge is 0.507 e. The van der Waals surface area contributed by atoms with Gasteiger partial charge in [-0.15, -0.1) is 0 Å². The molecule has 2 unspecified atom stereocenters. The van der Waals surface area contributed by atoms with Crippen molar-refractivity contribution in [3.63, 3.8) is 0 Å². The van der Waals surface area contributed by atoms with Crippen LogP contribution in [0.3, 0.4) is 0 Å². The number of rotatable bonds is 2. The Morgan fingerprint density at radius 2 is 1.78 bits per heavy atom. The first-order valence-corrected chi connectivity index (χ1v) is 7.29. The number of hydrogen-bond acceptors (Lipinski definition) is 4. The summed E-state index contributed by atoms with van der Waals surface area (Å²) in [6.45, 7) is 4.29.